The van der Waals surface area contributed by atoms with Crippen molar-refractivity contribution in [2.24, 2.45) is 0 Å². The van der Waals surface area contributed by atoms with Crippen LogP contribution in [0.3, 0.4) is 0 Å². The second kappa shape index (κ2) is 3.94. The van der Waals surface area contributed by atoms with Gasteiger partial charge in [0.05, 0.1) is 0 Å². The third-order valence-corrected chi connectivity index (χ3v) is 1.18. The topological polar surface area (TPSA) is 0 Å². The fraction of sp³-hybridized carbons (Fsp3) is 0. The van der Waals surface area contributed by atoms with Gasteiger partial charge in [0.25, 0.3) is 0 Å². The lowest BCUT2D eigenvalue weighted by atomic mass is 10.4. The smallest absolute Gasteiger partial charge is 0.0303 e. The Morgan fingerprint density at radius 3 is 1.75 bits per heavy atom. The molecule has 0 saturated heterocycles. The van der Waals surface area contributed by atoms with Gasteiger partial charge in [0.15, 0.2) is 0 Å². The fourth-order valence-corrected chi connectivity index (χ4v) is 0.675. The van der Waals surface area contributed by atoms with Gasteiger partial charge in [-0.15, -0.1) is 9.24 Å². The lowest BCUT2D eigenvalue weighted by Gasteiger charge is -1.82. The SMILES string of the molecule is Pc1ccccc1.S. The van der Waals surface area contributed by atoms with Crippen LogP contribution >= 0.6 is 22.7 Å². The van der Waals surface area contributed by atoms with E-state index in [1.807, 2.05) is 30.3 Å². The molecule has 0 bridgehead atoms. The van der Waals surface area contributed by atoms with Gasteiger partial charge in [-0.25, -0.2) is 0 Å². The van der Waals surface area contributed by atoms with Gasteiger partial charge >= 0.3 is 0 Å². The van der Waals surface area contributed by atoms with Gasteiger partial charge in [0.2, 0.25) is 0 Å². The Morgan fingerprint density at radius 1 is 1.00 bits per heavy atom. The molecule has 0 saturated carbocycles. The molecule has 1 unspecified atom stereocenters. The molecule has 0 N–H and O–H groups in total. The van der Waals surface area contributed by atoms with Crippen molar-refractivity contribution >= 4 is 28.0 Å². The van der Waals surface area contributed by atoms with Crippen LogP contribution in [0.15, 0.2) is 30.3 Å². The summed E-state index contributed by atoms with van der Waals surface area (Å²) < 4.78 is 0. The molecule has 1 atom stereocenters. The highest BCUT2D eigenvalue weighted by molar-refractivity contribution is 7.59. The van der Waals surface area contributed by atoms with E-state index in [9.17, 15) is 0 Å². The van der Waals surface area contributed by atoms with Gasteiger partial charge in [0, 0.05) is 0 Å². The van der Waals surface area contributed by atoms with Gasteiger partial charge in [-0.1, -0.05) is 30.3 Å². The quantitative estimate of drug-likeness (QED) is 0.481. The molecule has 2 heteroatoms. The first kappa shape index (κ1) is 8.00. The summed E-state index contributed by atoms with van der Waals surface area (Å²) in [7, 11) is 2.63. The maximum Gasteiger partial charge on any atom is -0.0303 e. The summed E-state index contributed by atoms with van der Waals surface area (Å²) in [4.78, 5) is 0. The van der Waals surface area contributed by atoms with Crippen LogP contribution in [-0.4, -0.2) is 0 Å². The van der Waals surface area contributed by atoms with Crippen molar-refractivity contribution in [2.45, 2.75) is 0 Å². The molecule has 0 aliphatic carbocycles. The van der Waals surface area contributed by atoms with E-state index >= 15 is 0 Å². The third kappa shape index (κ3) is 2.34. The Morgan fingerprint density at radius 2 is 1.50 bits per heavy atom. The lowest BCUT2D eigenvalue weighted by Crippen LogP contribution is -1.82. The molecular formula is C6H9PS. The predicted octanol–water partition coefficient (Wildman–Crippen LogP) is 1.30. The normalized spacial score (nSPS) is 7.62. The molecule has 0 aliphatic heterocycles. The summed E-state index contributed by atoms with van der Waals surface area (Å²) in [5.74, 6) is 0. The Hall–Kier alpha value is -0.0000000000000000555. The minimum atomic E-state index is 0. The molecule has 0 amide bonds. The van der Waals surface area contributed by atoms with Crippen LogP contribution in [-0.2, 0) is 0 Å². The Kier molecular flexibility index (Phi) is 3.94. The summed E-state index contributed by atoms with van der Waals surface area (Å²) in [6.07, 6.45) is 0. The van der Waals surface area contributed by atoms with E-state index in [-0.39, 0.29) is 13.5 Å². The van der Waals surface area contributed by atoms with Gasteiger partial charge in [-0.2, -0.15) is 13.5 Å². The van der Waals surface area contributed by atoms with Crippen molar-refractivity contribution < 1.29 is 0 Å². The van der Waals surface area contributed by atoms with E-state index < -0.39 is 0 Å². The molecule has 0 spiro atoms. The second-order valence-corrected chi connectivity index (χ2v) is 2.08. The first-order chi connectivity index (χ1) is 3.39. The average Bonchev–Trinajstić information content (AvgIpc) is 1.69. The molecule has 0 aromatic heterocycles. The summed E-state index contributed by atoms with van der Waals surface area (Å²) >= 11 is 0. The van der Waals surface area contributed by atoms with E-state index in [1.54, 1.807) is 0 Å². The summed E-state index contributed by atoms with van der Waals surface area (Å²) in [5.41, 5.74) is 0. The summed E-state index contributed by atoms with van der Waals surface area (Å²) in [6, 6.07) is 10.1. The minimum absolute atomic E-state index is 0. The van der Waals surface area contributed by atoms with Crippen LogP contribution in [0.5, 0.6) is 0 Å². The molecule has 0 aliphatic rings. The molecule has 0 nitrogen and oxygen atoms in total. The Bertz CT molecular complexity index is 138. The molecule has 8 heavy (non-hydrogen) atoms. The van der Waals surface area contributed by atoms with E-state index in [0.717, 1.165) is 0 Å². The highest BCUT2D eigenvalue weighted by Crippen LogP contribution is 1.86. The molecule has 0 heterocycles. The first-order valence-electron chi connectivity index (χ1n) is 2.20. The molecule has 1 aromatic rings. The van der Waals surface area contributed by atoms with E-state index in [4.69, 9.17) is 0 Å². The van der Waals surface area contributed by atoms with Crippen molar-refractivity contribution in [2.75, 3.05) is 0 Å². The largest absolute Gasteiger partial charge is 0.197 e. The Labute approximate surface area is 59.0 Å². The van der Waals surface area contributed by atoms with Crippen molar-refractivity contribution in [3.05, 3.63) is 30.3 Å². The van der Waals surface area contributed by atoms with Crippen molar-refractivity contribution in [3.8, 4) is 0 Å². The van der Waals surface area contributed by atoms with Crippen LogP contribution in [0.25, 0.3) is 0 Å². The third-order valence-electron chi connectivity index (χ3n) is 0.800. The zero-order chi connectivity index (χ0) is 5.11. The van der Waals surface area contributed by atoms with Gasteiger partial charge < -0.3 is 0 Å². The molecule has 1 aromatic carbocycles. The van der Waals surface area contributed by atoms with E-state index in [1.165, 1.54) is 5.30 Å². The molecule has 0 radical (unpaired) electrons. The average molecular weight is 144 g/mol. The van der Waals surface area contributed by atoms with E-state index in [2.05, 4.69) is 9.24 Å². The van der Waals surface area contributed by atoms with Crippen LogP contribution < -0.4 is 5.30 Å². The number of hydrogen-bond acceptors (Lipinski definition) is 0. The minimum Gasteiger partial charge on any atom is -0.197 e. The molecule has 44 valence electrons. The number of benzene rings is 1. The molecule has 0 fully saturated rings. The number of hydrogen-bond donors (Lipinski definition) is 0. The summed E-state index contributed by atoms with van der Waals surface area (Å²) in [5, 5.41) is 1.24. The van der Waals surface area contributed by atoms with Crippen molar-refractivity contribution in [3.63, 3.8) is 0 Å². The monoisotopic (exact) mass is 144 g/mol. The molecule has 1 rings (SSSR count). The highest BCUT2D eigenvalue weighted by atomic mass is 32.1. The number of rotatable bonds is 0. The van der Waals surface area contributed by atoms with Crippen LogP contribution in [0.2, 0.25) is 0 Å². The van der Waals surface area contributed by atoms with Crippen LogP contribution in [0, 0.1) is 0 Å². The van der Waals surface area contributed by atoms with Gasteiger partial charge in [-0.3, -0.25) is 0 Å². The maximum atomic E-state index is 2.63. The second-order valence-electron chi connectivity index (χ2n) is 1.41. The summed E-state index contributed by atoms with van der Waals surface area (Å²) in [6.45, 7) is 0. The van der Waals surface area contributed by atoms with Crippen molar-refractivity contribution in [1.29, 1.82) is 0 Å². The first-order valence-corrected chi connectivity index (χ1v) is 2.78. The zero-order valence-corrected chi connectivity index (χ0v) is 6.62. The standard InChI is InChI=1S/C6H7P.H2S/c7-6-4-2-1-3-5-6;/h1-5H,7H2;1H2. The van der Waals surface area contributed by atoms with Gasteiger partial charge in [0.1, 0.15) is 0 Å². The maximum absolute atomic E-state index is 2.63. The zero-order valence-electron chi connectivity index (χ0n) is 4.46. The van der Waals surface area contributed by atoms with Crippen LogP contribution in [0.1, 0.15) is 0 Å². The highest BCUT2D eigenvalue weighted by Gasteiger charge is 1.72. The van der Waals surface area contributed by atoms with Crippen LogP contribution in [0.4, 0.5) is 0 Å². The predicted molar refractivity (Wildman–Crippen MR) is 46.2 cm³/mol. The molecular weight excluding hydrogens is 135 g/mol. The Balaban J connectivity index is 0.000000490. The fourth-order valence-electron chi connectivity index (χ4n) is 0.453. The van der Waals surface area contributed by atoms with Gasteiger partial charge in [-0.05, 0) is 5.30 Å². The van der Waals surface area contributed by atoms with Crippen molar-refractivity contribution in [1.82, 2.24) is 0 Å². The van der Waals surface area contributed by atoms with E-state index in [0.29, 0.717) is 0 Å². The lowest BCUT2D eigenvalue weighted by molar-refractivity contribution is 1.78.